The van der Waals surface area contributed by atoms with Gasteiger partial charge < -0.3 is 0 Å². The second kappa shape index (κ2) is 1.76. The van der Waals surface area contributed by atoms with E-state index in [9.17, 15) is 0 Å². The van der Waals surface area contributed by atoms with Gasteiger partial charge in [0, 0.05) is 0 Å². The molecule has 1 aliphatic carbocycles. The fraction of sp³-hybridized carbons (Fsp3) is 0.143. The van der Waals surface area contributed by atoms with Gasteiger partial charge in [0.2, 0.25) is 0 Å². The molecule has 0 unspecified atom stereocenters. The third-order valence-electron chi connectivity index (χ3n) is 1.20. The van der Waals surface area contributed by atoms with Crippen molar-refractivity contribution >= 4 is 0 Å². The fourth-order valence-electron chi connectivity index (χ4n) is 0.644. The van der Waals surface area contributed by atoms with Crippen molar-refractivity contribution in [3.05, 3.63) is 24.3 Å². The Balaban J connectivity index is 3.03. The van der Waals surface area contributed by atoms with E-state index in [1.165, 1.54) is 0 Å². The monoisotopic (exact) mass is 116 g/mol. The van der Waals surface area contributed by atoms with Crippen molar-refractivity contribution in [1.29, 1.82) is 10.5 Å². The van der Waals surface area contributed by atoms with Crippen LogP contribution in [0.25, 0.3) is 0 Å². The Morgan fingerprint density at radius 2 is 1.44 bits per heavy atom. The lowest BCUT2D eigenvalue weighted by Gasteiger charge is -1.99. The van der Waals surface area contributed by atoms with Gasteiger partial charge in [0.15, 0.2) is 5.41 Å². The van der Waals surface area contributed by atoms with Crippen molar-refractivity contribution in [1.82, 2.24) is 0 Å². The first-order chi connectivity index (χ1) is 4.33. The molecule has 1 aliphatic rings. The molecule has 0 bridgehead atoms. The van der Waals surface area contributed by atoms with Crippen LogP contribution in [-0.2, 0) is 0 Å². The molecular weight excluding hydrogens is 112 g/mol. The molecule has 0 aliphatic heterocycles. The van der Waals surface area contributed by atoms with Gasteiger partial charge in [-0.1, -0.05) is 12.2 Å². The summed E-state index contributed by atoms with van der Waals surface area (Å²) in [5, 5.41) is 16.9. The highest BCUT2D eigenvalue weighted by molar-refractivity contribution is 5.39. The van der Waals surface area contributed by atoms with Gasteiger partial charge >= 0.3 is 0 Å². The Bertz CT molecular complexity index is 219. The van der Waals surface area contributed by atoms with E-state index >= 15 is 0 Å². The summed E-state index contributed by atoms with van der Waals surface area (Å²) in [6.45, 7) is 0. The van der Waals surface area contributed by atoms with Gasteiger partial charge in [0.05, 0.1) is 12.1 Å². The Morgan fingerprint density at radius 1 is 1.00 bits per heavy atom. The molecule has 0 aromatic heterocycles. The fourth-order valence-corrected chi connectivity index (χ4v) is 0.644. The van der Waals surface area contributed by atoms with Crippen LogP contribution in [0.2, 0.25) is 0 Å². The molecule has 1 rings (SSSR count). The topological polar surface area (TPSA) is 47.6 Å². The summed E-state index contributed by atoms with van der Waals surface area (Å²) in [6, 6.07) is 3.78. The van der Waals surface area contributed by atoms with Crippen LogP contribution in [-0.4, -0.2) is 0 Å². The average Bonchev–Trinajstić information content (AvgIpc) is 2.36. The van der Waals surface area contributed by atoms with E-state index in [1.807, 2.05) is 12.1 Å². The van der Waals surface area contributed by atoms with Crippen LogP contribution in [0.3, 0.4) is 0 Å². The van der Waals surface area contributed by atoms with E-state index in [1.54, 1.807) is 24.3 Å². The molecule has 9 heavy (non-hydrogen) atoms. The van der Waals surface area contributed by atoms with E-state index in [-0.39, 0.29) is 0 Å². The minimum Gasteiger partial charge on any atom is -0.196 e. The minimum absolute atomic E-state index is 0.972. The lowest BCUT2D eigenvalue weighted by molar-refractivity contribution is 0.873. The van der Waals surface area contributed by atoms with Crippen LogP contribution < -0.4 is 0 Å². The van der Waals surface area contributed by atoms with Crippen molar-refractivity contribution in [2.75, 3.05) is 0 Å². The molecule has 0 amide bonds. The molecule has 0 saturated carbocycles. The summed E-state index contributed by atoms with van der Waals surface area (Å²) >= 11 is 0. The molecule has 0 heterocycles. The average molecular weight is 116 g/mol. The maximum atomic E-state index is 8.44. The Kier molecular flexibility index (Phi) is 1.09. The van der Waals surface area contributed by atoms with Gasteiger partial charge in [0.1, 0.15) is 0 Å². The van der Waals surface area contributed by atoms with Gasteiger partial charge in [-0.05, 0) is 12.2 Å². The normalized spacial score (nSPS) is 18.9. The van der Waals surface area contributed by atoms with E-state index in [4.69, 9.17) is 10.5 Å². The first-order valence-corrected chi connectivity index (χ1v) is 2.52. The molecule has 0 N–H and O–H groups in total. The highest BCUT2D eigenvalue weighted by Gasteiger charge is 2.24. The number of nitrogens with zero attached hydrogens (tertiary/aromatic N) is 2. The third kappa shape index (κ3) is 0.709. The van der Waals surface area contributed by atoms with Gasteiger partial charge in [-0.3, -0.25) is 0 Å². The predicted molar refractivity (Wildman–Crippen MR) is 31.9 cm³/mol. The Morgan fingerprint density at radius 3 is 1.67 bits per heavy atom. The van der Waals surface area contributed by atoms with Crippen molar-refractivity contribution in [2.45, 2.75) is 0 Å². The molecule has 0 atom stereocenters. The maximum Gasteiger partial charge on any atom is 0.180 e. The molecule has 0 spiro atoms. The van der Waals surface area contributed by atoms with Crippen molar-refractivity contribution in [3.8, 4) is 12.1 Å². The molecule has 0 radical (unpaired) electrons. The Labute approximate surface area is 53.3 Å². The number of rotatable bonds is 0. The lowest BCUT2D eigenvalue weighted by Crippen LogP contribution is -2.04. The number of hydrogen-bond acceptors (Lipinski definition) is 2. The smallest absolute Gasteiger partial charge is 0.180 e. The summed E-state index contributed by atoms with van der Waals surface area (Å²) in [5.41, 5.74) is -0.972. The number of hydrogen-bond donors (Lipinski definition) is 0. The van der Waals surface area contributed by atoms with E-state index in [0.29, 0.717) is 0 Å². The van der Waals surface area contributed by atoms with Crippen LogP contribution in [0.4, 0.5) is 0 Å². The van der Waals surface area contributed by atoms with Crippen LogP contribution in [0.1, 0.15) is 0 Å². The standard InChI is InChI=1S/C7H4N2/c8-5-7(6-9)3-1-2-4-7/h1-4H. The van der Waals surface area contributed by atoms with E-state index < -0.39 is 5.41 Å². The molecule has 0 aromatic rings. The molecule has 0 aromatic carbocycles. The van der Waals surface area contributed by atoms with Gasteiger partial charge in [-0.25, -0.2) is 0 Å². The van der Waals surface area contributed by atoms with Crippen molar-refractivity contribution < 1.29 is 0 Å². The molecule has 0 fully saturated rings. The predicted octanol–water partition coefficient (Wildman–Crippen LogP) is 1.15. The van der Waals surface area contributed by atoms with Gasteiger partial charge in [0.25, 0.3) is 0 Å². The minimum atomic E-state index is -0.972. The van der Waals surface area contributed by atoms with E-state index in [2.05, 4.69) is 0 Å². The van der Waals surface area contributed by atoms with Crippen LogP contribution in [0.5, 0.6) is 0 Å². The summed E-state index contributed by atoms with van der Waals surface area (Å²) in [5.74, 6) is 0. The Hall–Kier alpha value is -1.54. The summed E-state index contributed by atoms with van der Waals surface area (Å²) < 4.78 is 0. The highest BCUT2D eigenvalue weighted by atomic mass is 14.4. The molecular formula is C7H4N2. The second-order valence-corrected chi connectivity index (χ2v) is 1.81. The number of allylic oxidation sites excluding steroid dienone is 4. The molecule has 2 nitrogen and oxygen atoms in total. The van der Waals surface area contributed by atoms with Crippen molar-refractivity contribution in [3.63, 3.8) is 0 Å². The summed E-state index contributed by atoms with van der Waals surface area (Å²) in [6.07, 6.45) is 6.55. The largest absolute Gasteiger partial charge is 0.196 e. The molecule has 2 heteroatoms. The van der Waals surface area contributed by atoms with Gasteiger partial charge in [-0.15, -0.1) is 0 Å². The second-order valence-electron chi connectivity index (χ2n) is 1.81. The summed E-state index contributed by atoms with van der Waals surface area (Å²) in [4.78, 5) is 0. The first kappa shape index (κ1) is 5.59. The quantitative estimate of drug-likeness (QED) is 0.476. The van der Waals surface area contributed by atoms with Crippen LogP contribution in [0.15, 0.2) is 24.3 Å². The zero-order valence-electron chi connectivity index (χ0n) is 4.70. The zero-order chi connectivity index (χ0) is 6.74. The lowest BCUT2D eigenvalue weighted by atomic mass is 9.95. The van der Waals surface area contributed by atoms with Crippen LogP contribution >= 0.6 is 0 Å². The van der Waals surface area contributed by atoms with Crippen molar-refractivity contribution in [2.24, 2.45) is 5.41 Å². The summed E-state index contributed by atoms with van der Waals surface area (Å²) in [7, 11) is 0. The zero-order valence-corrected chi connectivity index (χ0v) is 4.70. The highest BCUT2D eigenvalue weighted by Crippen LogP contribution is 2.22. The maximum absolute atomic E-state index is 8.44. The third-order valence-corrected chi connectivity index (χ3v) is 1.20. The molecule has 0 saturated heterocycles. The SMILES string of the molecule is N#CC1(C#N)C=CC=C1. The van der Waals surface area contributed by atoms with Gasteiger partial charge in [-0.2, -0.15) is 10.5 Å². The number of nitriles is 2. The first-order valence-electron chi connectivity index (χ1n) is 2.52. The van der Waals surface area contributed by atoms with Crippen LogP contribution in [0, 0.1) is 28.1 Å². The molecule has 42 valence electrons. The van der Waals surface area contributed by atoms with E-state index in [0.717, 1.165) is 0 Å².